The van der Waals surface area contributed by atoms with Crippen LogP contribution in [0.15, 0.2) is 18.2 Å². The van der Waals surface area contributed by atoms with Crippen LogP contribution in [-0.4, -0.2) is 10.9 Å². The smallest absolute Gasteiger partial charge is 0.240 e. The molecule has 2 rings (SSSR count). The van der Waals surface area contributed by atoms with Gasteiger partial charge in [-0.15, -0.1) is 11.3 Å². The fraction of sp³-hybridized carbons (Fsp3) is 0.200. The molecule has 1 aromatic carbocycles. The predicted octanol–water partition coefficient (Wildman–Crippen LogP) is 1.14. The molecule has 15 heavy (non-hydrogen) atoms. The van der Waals surface area contributed by atoms with Gasteiger partial charge < -0.3 is 0 Å². The molecule has 0 spiro atoms. The molecule has 2 aromatic rings. The van der Waals surface area contributed by atoms with Gasteiger partial charge in [-0.3, -0.25) is 10.2 Å². The summed E-state index contributed by atoms with van der Waals surface area (Å²) in [4.78, 5) is 15.4. The van der Waals surface area contributed by atoms with Crippen LogP contribution in [0.1, 0.15) is 10.6 Å². The number of nitrogens with one attached hydrogen (secondary N) is 1. The number of aromatic nitrogens is 1. The Morgan fingerprint density at radius 1 is 1.60 bits per heavy atom. The number of amides is 1. The number of hydrazine groups is 1. The zero-order chi connectivity index (χ0) is 10.8. The number of nitrogens with two attached hydrogens (primary N) is 1. The molecular formula is C10H11N3OS. The average Bonchev–Trinajstić information content (AvgIpc) is 2.59. The second-order valence-corrected chi connectivity index (χ2v) is 4.44. The minimum Gasteiger partial charge on any atom is -0.294 e. The van der Waals surface area contributed by atoms with E-state index in [0.717, 1.165) is 15.2 Å². The van der Waals surface area contributed by atoms with E-state index < -0.39 is 0 Å². The molecule has 78 valence electrons. The van der Waals surface area contributed by atoms with Gasteiger partial charge in [0.05, 0.1) is 16.6 Å². The van der Waals surface area contributed by atoms with Gasteiger partial charge in [0.25, 0.3) is 0 Å². The Labute approximate surface area is 91.1 Å². The summed E-state index contributed by atoms with van der Waals surface area (Å²) in [5.41, 5.74) is 4.23. The molecule has 1 aromatic heterocycles. The van der Waals surface area contributed by atoms with E-state index in [1.54, 1.807) is 0 Å². The molecule has 0 bridgehead atoms. The van der Waals surface area contributed by atoms with Gasteiger partial charge in [0.1, 0.15) is 5.01 Å². The van der Waals surface area contributed by atoms with Crippen LogP contribution in [0.4, 0.5) is 0 Å². The molecule has 0 saturated carbocycles. The van der Waals surface area contributed by atoms with Gasteiger partial charge >= 0.3 is 0 Å². The van der Waals surface area contributed by atoms with Crippen LogP contribution in [0.3, 0.4) is 0 Å². The van der Waals surface area contributed by atoms with Crippen molar-refractivity contribution < 1.29 is 4.79 Å². The highest BCUT2D eigenvalue weighted by atomic mass is 32.1. The predicted molar refractivity (Wildman–Crippen MR) is 60.4 cm³/mol. The Kier molecular flexibility index (Phi) is 2.66. The first-order valence-electron chi connectivity index (χ1n) is 4.54. The monoisotopic (exact) mass is 221 g/mol. The maximum Gasteiger partial charge on any atom is 0.240 e. The summed E-state index contributed by atoms with van der Waals surface area (Å²) in [5.74, 6) is 4.80. The van der Waals surface area contributed by atoms with Crippen molar-refractivity contribution in [3.05, 3.63) is 28.8 Å². The van der Waals surface area contributed by atoms with Crippen molar-refractivity contribution in [3.63, 3.8) is 0 Å². The van der Waals surface area contributed by atoms with Gasteiger partial charge in [-0.05, 0) is 24.6 Å². The van der Waals surface area contributed by atoms with Crippen molar-refractivity contribution in [3.8, 4) is 0 Å². The van der Waals surface area contributed by atoms with Crippen molar-refractivity contribution in [1.29, 1.82) is 0 Å². The van der Waals surface area contributed by atoms with Gasteiger partial charge in [-0.2, -0.15) is 0 Å². The maximum absolute atomic E-state index is 11.1. The average molecular weight is 221 g/mol. The van der Waals surface area contributed by atoms with Crippen molar-refractivity contribution in [2.75, 3.05) is 0 Å². The zero-order valence-corrected chi connectivity index (χ0v) is 9.10. The zero-order valence-electron chi connectivity index (χ0n) is 8.28. The number of benzene rings is 1. The third kappa shape index (κ3) is 2.14. The van der Waals surface area contributed by atoms with E-state index in [1.165, 1.54) is 16.9 Å². The summed E-state index contributed by atoms with van der Waals surface area (Å²) in [6, 6.07) is 6.04. The van der Waals surface area contributed by atoms with Crippen LogP contribution in [-0.2, 0) is 11.2 Å². The van der Waals surface area contributed by atoms with Gasteiger partial charge in [0, 0.05) is 0 Å². The third-order valence-electron chi connectivity index (χ3n) is 2.06. The molecule has 0 radical (unpaired) electrons. The standard InChI is InChI=1S/C10H11N3OS/c1-6-2-3-7-8(4-6)15-10(12-7)5-9(14)13-11/h2-4H,5,11H2,1H3,(H,13,14). The molecule has 0 fully saturated rings. The van der Waals surface area contributed by atoms with Crippen molar-refractivity contribution in [2.45, 2.75) is 13.3 Å². The van der Waals surface area contributed by atoms with Crippen molar-refractivity contribution in [2.24, 2.45) is 5.84 Å². The number of thiazole rings is 1. The summed E-state index contributed by atoms with van der Waals surface area (Å²) < 4.78 is 1.11. The van der Waals surface area contributed by atoms with Crippen LogP contribution in [0.2, 0.25) is 0 Å². The first-order chi connectivity index (χ1) is 7.19. The highest BCUT2D eigenvalue weighted by Crippen LogP contribution is 2.23. The van der Waals surface area contributed by atoms with Crippen LogP contribution >= 0.6 is 11.3 Å². The van der Waals surface area contributed by atoms with E-state index in [2.05, 4.69) is 16.5 Å². The summed E-state index contributed by atoms with van der Waals surface area (Å²) >= 11 is 1.53. The van der Waals surface area contributed by atoms with E-state index in [4.69, 9.17) is 5.84 Å². The molecule has 3 N–H and O–H groups in total. The third-order valence-corrected chi connectivity index (χ3v) is 3.08. The minimum absolute atomic E-state index is 0.217. The van der Waals surface area contributed by atoms with E-state index in [1.807, 2.05) is 19.1 Å². The highest BCUT2D eigenvalue weighted by molar-refractivity contribution is 7.18. The van der Waals surface area contributed by atoms with Crippen LogP contribution in [0, 0.1) is 6.92 Å². The second kappa shape index (κ2) is 3.96. The Hall–Kier alpha value is -1.46. The lowest BCUT2D eigenvalue weighted by Crippen LogP contribution is -2.31. The van der Waals surface area contributed by atoms with Gasteiger partial charge in [0.15, 0.2) is 0 Å². The summed E-state index contributed by atoms with van der Waals surface area (Å²) in [6.45, 7) is 2.03. The quantitative estimate of drug-likeness (QED) is 0.454. The lowest BCUT2D eigenvalue weighted by atomic mass is 10.2. The number of carbonyl (C=O) groups is 1. The Morgan fingerprint density at radius 3 is 3.13 bits per heavy atom. The number of fused-ring (bicyclic) bond motifs is 1. The summed E-state index contributed by atoms with van der Waals surface area (Å²) in [7, 11) is 0. The Balaban J connectivity index is 2.34. The molecule has 0 saturated heterocycles. The van der Waals surface area contributed by atoms with Crippen molar-refractivity contribution >= 4 is 27.5 Å². The number of nitrogens with zero attached hydrogens (tertiary/aromatic N) is 1. The highest BCUT2D eigenvalue weighted by Gasteiger charge is 2.07. The normalized spacial score (nSPS) is 10.5. The van der Waals surface area contributed by atoms with E-state index in [0.29, 0.717) is 0 Å². The number of hydrogen-bond donors (Lipinski definition) is 2. The van der Waals surface area contributed by atoms with Crippen LogP contribution in [0.25, 0.3) is 10.2 Å². The van der Waals surface area contributed by atoms with Gasteiger partial charge in [-0.1, -0.05) is 6.07 Å². The topological polar surface area (TPSA) is 68.0 Å². The van der Waals surface area contributed by atoms with E-state index in [-0.39, 0.29) is 12.3 Å². The molecule has 4 nitrogen and oxygen atoms in total. The molecule has 0 aliphatic carbocycles. The SMILES string of the molecule is Cc1ccc2nc(CC(=O)NN)sc2c1. The first-order valence-corrected chi connectivity index (χ1v) is 5.36. The Morgan fingerprint density at radius 2 is 2.40 bits per heavy atom. The molecule has 1 amide bonds. The van der Waals surface area contributed by atoms with Crippen LogP contribution in [0.5, 0.6) is 0 Å². The summed E-state index contributed by atoms with van der Waals surface area (Å²) in [5, 5.41) is 0.790. The number of hydrogen-bond acceptors (Lipinski definition) is 4. The molecule has 0 atom stereocenters. The van der Waals surface area contributed by atoms with E-state index in [9.17, 15) is 4.79 Å². The first kappa shape index (κ1) is 10.1. The minimum atomic E-state index is -0.217. The van der Waals surface area contributed by atoms with Crippen molar-refractivity contribution in [1.82, 2.24) is 10.4 Å². The van der Waals surface area contributed by atoms with Crippen LogP contribution < -0.4 is 11.3 Å². The fourth-order valence-electron chi connectivity index (χ4n) is 1.34. The number of aryl methyl sites for hydroxylation is 1. The summed E-state index contributed by atoms with van der Waals surface area (Å²) in [6.07, 6.45) is 0.245. The maximum atomic E-state index is 11.1. The molecule has 1 heterocycles. The van der Waals surface area contributed by atoms with Gasteiger partial charge in [-0.25, -0.2) is 10.8 Å². The molecular weight excluding hydrogens is 210 g/mol. The Bertz CT molecular complexity index is 506. The molecule has 5 heteroatoms. The fourth-order valence-corrected chi connectivity index (χ4v) is 2.41. The second-order valence-electron chi connectivity index (χ2n) is 3.32. The number of rotatable bonds is 2. The molecule has 0 aliphatic heterocycles. The molecule has 0 aliphatic rings. The largest absolute Gasteiger partial charge is 0.294 e. The lowest BCUT2D eigenvalue weighted by molar-refractivity contribution is -0.120. The van der Waals surface area contributed by atoms with Gasteiger partial charge in [0.2, 0.25) is 5.91 Å². The molecule has 0 unspecified atom stereocenters. The number of carbonyl (C=O) groups excluding carboxylic acids is 1. The van der Waals surface area contributed by atoms with E-state index >= 15 is 0 Å². The lowest BCUT2D eigenvalue weighted by Gasteiger charge is -1.92.